The predicted octanol–water partition coefficient (Wildman–Crippen LogP) is 5.34. The number of aryl methyl sites for hydroxylation is 2. The van der Waals surface area contributed by atoms with Gasteiger partial charge in [-0.2, -0.15) is 10.4 Å². The lowest BCUT2D eigenvalue weighted by atomic mass is 9.86. The molecule has 0 saturated heterocycles. The second-order valence-electron chi connectivity index (χ2n) is 8.66. The molecule has 2 rings (SSSR count). The van der Waals surface area contributed by atoms with Crippen molar-refractivity contribution in [2.45, 2.75) is 66.3 Å². The molecule has 31 heavy (non-hydrogen) atoms. The third-order valence-electron chi connectivity index (χ3n) is 4.49. The van der Waals surface area contributed by atoms with Crippen molar-refractivity contribution < 1.29 is 19.0 Å². The quantitative estimate of drug-likeness (QED) is 0.269. The van der Waals surface area contributed by atoms with Crippen LogP contribution in [0.1, 0.15) is 64.1 Å². The van der Waals surface area contributed by atoms with Crippen molar-refractivity contribution >= 4 is 17.5 Å². The highest BCUT2D eigenvalue weighted by molar-refractivity contribution is 5.94. The van der Waals surface area contributed by atoms with Crippen molar-refractivity contribution in [2.75, 3.05) is 0 Å². The molecule has 1 aromatic heterocycles. The van der Waals surface area contributed by atoms with Crippen molar-refractivity contribution in [3.05, 3.63) is 52.8 Å². The lowest BCUT2D eigenvalue weighted by Crippen LogP contribution is -2.21. The Morgan fingerprint density at radius 3 is 2.16 bits per heavy atom. The number of nitriles is 1. The van der Waals surface area contributed by atoms with E-state index < -0.39 is 12.4 Å². The molecule has 0 spiro atoms. The molecule has 0 aliphatic rings. The van der Waals surface area contributed by atoms with Crippen LogP contribution in [0.25, 0.3) is 11.3 Å². The van der Waals surface area contributed by atoms with E-state index >= 15 is 0 Å². The highest BCUT2D eigenvalue weighted by atomic mass is 16.8. The summed E-state index contributed by atoms with van der Waals surface area (Å²) in [4.78, 5) is 11.9. The highest BCUT2D eigenvalue weighted by Crippen LogP contribution is 2.31. The Kier molecular flexibility index (Phi) is 7.50. The number of ether oxygens (including phenoxy) is 3. The predicted molar refractivity (Wildman–Crippen MR) is 119 cm³/mol. The maximum atomic E-state index is 11.9. The summed E-state index contributed by atoms with van der Waals surface area (Å²) in [7, 11) is 1.77. The molecule has 0 aliphatic heterocycles. The summed E-state index contributed by atoms with van der Waals surface area (Å²) in [5.74, 6) is 0.277. The van der Waals surface area contributed by atoms with Gasteiger partial charge in [-0.1, -0.05) is 45.0 Å². The molecule has 7 nitrogen and oxygen atoms in total. The summed E-state index contributed by atoms with van der Waals surface area (Å²) in [5.41, 5.74) is 3.53. The fraction of sp³-hybridized carbons (Fsp3) is 0.458. The fourth-order valence-electron chi connectivity index (χ4n) is 3.00. The zero-order valence-corrected chi connectivity index (χ0v) is 19.5. The lowest BCUT2D eigenvalue weighted by molar-refractivity contribution is -0.0734. The van der Waals surface area contributed by atoms with Gasteiger partial charge in [0.2, 0.25) is 6.29 Å². The van der Waals surface area contributed by atoms with Crippen LogP contribution < -0.4 is 0 Å². The van der Waals surface area contributed by atoms with Crippen molar-refractivity contribution in [2.24, 2.45) is 7.05 Å². The third kappa shape index (κ3) is 6.35. The summed E-state index contributed by atoms with van der Waals surface area (Å²) < 4.78 is 17.8. The van der Waals surface area contributed by atoms with Crippen LogP contribution in [0.4, 0.5) is 4.79 Å². The van der Waals surface area contributed by atoms with Gasteiger partial charge in [-0.05, 0) is 43.4 Å². The number of benzene rings is 1. The van der Waals surface area contributed by atoms with Crippen LogP contribution in [0, 0.1) is 18.3 Å². The molecule has 1 atom stereocenters. The molecular weight excluding hydrogens is 394 g/mol. The maximum absolute atomic E-state index is 11.9. The zero-order chi connectivity index (χ0) is 23.3. The fourth-order valence-corrected chi connectivity index (χ4v) is 3.00. The van der Waals surface area contributed by atoms with Crippen LogP contribution in [0.15, 0.2) is 30.3 Å². The van der Waals surface area contributed by atoms with E-state index in [9.17, 15) is 10.1 Å². The SMILES string of the molecule is Cc1cc(/C(OC(C)OC(=O)OC(C)C)=C(\C#N)c2ccc(C(C)(C)C)cc2)n(C)n1. The standard InChI is InChI=1S/C24H31N3O4/c1-15(2)29-23(28)31-17(4)30-22(21-13-16(3)26-27(21)8)20(14-25)18-9-11-19(12-10-18)24(5,6)7/h9-13,15,17H,1-8H3/b22-20-. The average Bonchev–Trinajstić information content (AvgIpc) is 2.98. The number of aromatic nitrogens is 2. The van der Waals surface area contributed by atoms with E-state index in [1.54, 1.807) is 32.5 Å². The minimum absolute atomic E-state index is 0.00728. The third-order valence-corrected chi connectivity index (χ3v) is 4.49. The average molecular weight is 426 g/mol. The van der Waals surface area contributed by atoms with Crippen LogP contribution in [0.2, 0.25) is 0 Å². The summed E-state index contributed by atoms with van der Waals surface area (Å²) in [5, 5.41) is 14.4. The number of rotatable bonds is 6. The van der Waals surface area contributed by atoms with Crippen LogP contribution in [0.5, 0.6) is 0 Å². The molecule has 1 unspecified atom stereocenters. The molecule has 0 radical (unpaired) electrons. The maximum Gasteiger partial charge on any atom is 0.511 e. The molecule has 1 heterocycles. The van der Waals surface area contributed by atoms with Gasteiger partial charge in [0.15, 0.2) is 5.76 Å². The van der Waals surface area contributed by atoms with Gasteiger partial charge in [0.25, 0.3) is 0 Å². The van der Waals surface area contributed by atoms with Gasteiger partial charge < -0.3 is 14.2 Å². The van der Waals surface area contributed by atoms with E-state index in [1.807, 2.05) is 37.3 Å². The van der Waals surface area contributed by atoms with Gasteiger partial charge in [0.05, 0.1) is 11.8 Å². The second kappa shape index (κ2) is 9.69. The van der Waals surface area contributed by atoms with E-state index in [4.69, 9.17) is 14.2 Å². The lowest BCUT2D eigenvalue weighted by Gasteiger charge is -2.21. The van der Waals surface area contributed by atoms with E-state index in [1.165, 1.54) is 0 Å². The Labute approximate surface area is 184 Å². The van der Waals surface area contributed by atoms with Crippen LogP contribution in [-0.2, 0) is 26.7 Å². The van der Waals surface area contributed by atoms with E-state index in [2.05, 4.69) is 31.9 Å². The zero-order valence-electron chi connectivity index (χ0n) is 19.5. The Morgan fingerprint density at radius 2 is 1.71 bits per heavy atom. The molecule has 0 amide bonds. The molecule has 166 valence electrons. The van der Waals surface area contributed by atoms with Crippen LogP contribution in [0.3, 0.4) is 0 Å². The Bertz CT molecular complexity index is 989. The molecule has 2 aromatic rings. The number of carbonyl (C=O) groups is 1. The first-order valence-corrected chi connectivity index (χ1v) is 10.2. The van der Waals surface area contributed by atoms with Gasteiger partial charge in [0, 0.05) is 14.0 Å². The summed E-state index contributed by atoms with van der Waals surface area (Å²) >= 11 is 0. The number of nitrogens with zero attached hydrogens (tertiary/aromatic N) is 3. The highest BCUT2D eigenvalue weighted by Gasteiger charge is 2.23. The molecule has 0 fully saturated rings. The topological polar surface area (TPSA) is 86.4 Å². The number of carbonyl (C=O) groups excluding carboxylic acids is 1. The number of hydrogen-bond donors (Lipinski definition) is 0. The Hall–Kier alpha value is -3.27. The van der Waals surface area contributed by atoms with Crippen molar-refractivity contribution in [3.8, 4) is 6.07 Å². The smallest absolute Gasteiger partial charge is 0.451 e. The minimum atomic E-state index is -0.978. The monoisotopic (exact) mass is 425 g/mol. The Morgan fingerprint density at radius 1 is 1.10 bits per heavy atom. The molecule has 1 aromatic carbocycles. The molecule has 0 N–H and O–H groups in total. The number of hydrogen-bond acceptors (Lipinski definition) is 6. The van der Waals surface area contributed by atoms with Gasteiger partial charge in [-0.25, -0.2) is 4.79 Å². The normalized spacial score (nSPS) is 13.3. The van der Waals surface area contributed by atoms with Crippen molar-refractivity contribution in [1.29, 1.82) is 5.26 Å². The first kappa shape index (κ1) is 24.0. The van der Waals surface area contributed by atoms with Gasteiger partial charge >= 0.3 is 6.16 Å². The van der Waals surface area contributed by atoms with Gasteiger partial charge in [0.1, 0.15) is 17.3 Å². The molecule has 0 aliphatic carbocycles. The largest absolute Gasteiger partial charge is 0.511 e. The van der Waals surface area contributed by atoms with Crippen LogP contribution >= 0.6 is 0 Å². The molecule has 7 heteroatoms. The first-order valence-electron chi connectivity index (χ1n) is 10.2. The number of allylic oxidation sites excluding steroid dienone is 1. The summed E-state index contributed by atoms with van der Waals surface area (Å²) in [6.07, 6.45) is -2.13. The molecule has 0 bridgehead atoms. The second-order valence-corrected chi connectivity index (χ2v) is 8.66. The van der Waals surface area contributed by atoms with Crippen molar-refractivity contribution in [1.82, 2.24) is 9.78 Å². The Balaban J connectivity index is 2.49. The van der Waals surface area contributed by atoms with Crippen molar-refractivity contribution in [3.63, 3.8) is 0 Å². The van der Waals surface area contributed by atoms with E-state index in [0.29, 0.717) is 16.8 Å². The molecular formula is C24H31N3O4. The van der Waals surface area contributed by atoms with E-state index in [0.717, 1.165) is 11.3 Å². The first-order chi connectivity index (χ1) is 14.4. The summed E-state index contributed by atoms with van der Waals surface area (Å²) in [6, 6.07) is 11.8. The van der Waals surface area contributed by atoms with Gasteiger partial charge in [-0.3, -0.25) is 4.68 Å². The molecule has 0 saturated carbocycles. The van der Waals surface area contributed by atoms with Crippen LogP contribution in [-0.4, -0.2) is 28.3 Å². The minimum Gasteiger partial charge on any atom is -0.451 e. The van der Waals surface area contributed by atoms with Gasteiger partial charge in [-0.15, -0.1) is 0 Å². The van der Waals surface area contributed by atoms with E-state index in [-0.39, 0.29) is 17.3 Å². The summed E-state index contributed by atoms with van der Waals surface area (Å²) in [6.45, 7) is 13.3.